The van der Waals surface area contributed by atoms with Crippen LogP contribution in [0.3, 0.4) is 0 Å². The van der Waals surface area contributed by atoms with Gasteiger partial charge in [0.2, 0.25) is 5.95 Å². The molecule has 0 radical (unpaired) electrons. The number of aromatic nitrogens is 1. The van der Waals surface area contributed by atoms with Crippen LogP contribution >= 0.6 is 0 Å². The van der Waals surface area contributed by atoms with Crippen LogP contribution in [0, 0.1) is 11.9 Å². The van der Waals surface area contributed by atoms with E-state index in [9.17, 15) is 14.0 Å². The van der Waals surface area contributed by atoms with Crippen molar-refractivity contribution in [2.24, 2.45) is 11.7 Å². The maximum Gasteiger partial charge on any atom is 0.410 e. The minimum absolute atomic E-state index is 0.229. The van der Waals surface area contributed by atoms with Crippen LogP contribution in [0.25, 0.3) is 0 Å². The quantitative estimate of drug-likeness (QED) is 0.626. The average molecular weight is 467 g/mol. The van der Waals surface area contributed by atoms with E-state index in [0.717, 1.165) is 25.7 Å². The summed E-state index contributed by atoms with van der Waals surface area (Å²) in [5, 5.41) is 0. The number of hydrogen-bond acceptors (Lipinski definition) is 5. The Morgan fingerprint density at radius 1 is 1.21 bits per heavy atom. The number of pyridine rings is 1. The molecule has 1 aromatic rings. The molecule has 7 nitrogen and oxygen atoms in total. The van der Waals surface area contributed by atoms with Gasteiger partial charge in [0.15, 0.2) is 0 Å². The number of piperidine rings is 2. The number of rotatable bonds is 6. The molecule has 0 aliphatic carbocycles. The Labute approximate surface area is 194 Å². The molecular formula is C24H36F2N4O3. The van der Waals surface area contributed by atoms with Crippen LogP contribution in [-0.4, -0.2) is 59.3 Å². The number of hydrogen-bond donors (Lipinski definition) is 1. The summed E-state index contributed by atoms with van der Waals surface area (Å²) in [5.74, 6) is -0.788. The summed E-state index contributed by atoms with van der Waals surface area (Å²) < 4.78 is 34.3. The van der Waals surface area contributed by atoms with Gasteiger partial charge in [0, 0.05) is 38.4 Å². The zero-order valence-corrected chi connectivity index (χ0v) is 19.9. The first kappa shape index (κ1) is 25.2. The van der Waals surface area contributed by atoms with Crippen molar-refractivity contribution < 1.29 is 23.1 Å². The van der Waals surface area contributed by atoms with Crippen molar-refractivity contribution in [2.75, 3.05) is 31.1 Å². The van der Waals surface area contributed by atoms with Gasteiger partial charge in [-0.3, -0.25) is 4.79 Å². The number of alkyl halides is 1. The summed E-state index contributed by atoms with van der Waals surface area (Å²) in [6.45, 7) is 7.63. The zero-order valence-electron chi connectivity index (χ0n) is 19.9. The van der Waals surface area contributed by atoms with Crippen LogP contribution in [-0.2, 0) is 4.74 Å². The van der Waals surface area contributed by atoms with Crippen molar-refractivity contribution in [1.29, 1.82) is 0 Å². The molecule has 2 N–H and O–H groups in total. The molecular weight excluding hydrogens is 430 g/mol. The maximum absolute atomic E-state index is 15.3. The second-order valence-electron chi connectivity index (χ2n) is 10.3. The third kappa shape index (κ3) is 7.01. The lowest BCUT2D eigenvalue weighted by atomic mass is 9.85. The van der Waals surface area contributed by atoms with Crippen LogP contribution in [0.1, 0.15) is 76.1 Å². The maximum atomic E-state index is 15.3. The molecule has 2 aliphatic rings. The molecule has 3 heterocycles. The Morgan fingerprint density at radius 3 is 2.42 bits per heavy atom. The van der Waals surface area contributed by atoms with Crippen LogP contribution < -0.4 is 10.6 Å². The molecule has 2 fully saturated rings. The van der Waals surface area contributed by atoms with E-state index in [1.165, 1.54) is 12.3 Å². The highest BCUT2D eigenvalue weighted by Crippen LogP contribution is 2.34. The molecule has 0 aromatic carbocycles. The Hall–Kier alpha value is -2.45. The van der Waals surface area contributed by atoms with Gasteiger partial charge in [-0.05, 0) is 65.2 Å². The SMILES string of the molecule is CC(C)(C)OC(=O)N1CCC(F)(CCCC2CCN(c3cc(F)ncc3C(N)=O)CC2)CC1. The van der Waals surface area contributed by atoms with Gasteiger partial charge in [0.25, 0.3) is 5.91 Å². The molecule has 2 aliphatic heterocycles. The molecule has 0 saturated carbocycles. The summed E-state index contributed by atoms with van der Waals surface area (Å²) >= 11 is 0. The second-order valence-corrected chi connectivity index (χ2v) is 10.3. The van der Waals surface area contributed by atoms with Gasteiger partial charge in [-0.1, -0.05) is 6.42 Å². The van der Waals surface area contributed by atoms with Gasteiger partial charge in [-0.25, -0.2) is 14.2 Å². The first-order valence-corrected chi connectivity index (χ1v) is 11.8. The number of ether oxygens (including phenoxy) is 1. The van der Waals surface area contributed by atoms with E-state index in [-0.39, 0.29) is 11.7 Å². The van der Waals surface area contributed by atoms with E-state index in [0.29, 0.717) is 57.0 Å². The minimum atomic E-state index is -1.23. The third-order valence-corrected chi connectivity index (χ3v) is 6.62. The van der Waals surface area contributed by atoms with E-state index in [4.69, 9.17) is 10.5 Å². The molecule has 184 valence electrons. The molecule has 0 atom stereocenters. The van der Waals surface area contributed by atoms with Gasteiger partial charge in [0.05, 0.1) is 11.3 Å². The molecule has 33 heavy (non-hydrogen) atoms. The number of likely N-dealkylation sites (tertiary alicyclic amines) is 1. The van der Waals surface area contributed by atoms with Crippen molar-refractivity contribution >= 4 is 17.7 Å². The lowest BCUT2D eigenvalue weighted by molar-refractivity contribution is 0.000694. The van der Waals surface area contributed by atoms with Crippen LogP contribution in [0.5, 0.6) is 0 Å². The Balaban J connectivity index is 1.41. The number of nitrogens with zero attached hydrogens (tertiary/aromatic N) is 3. The molecule has 1 aromatic heterocycles. The van der Waals surface area contributed by atoms with Gasteiger partial charge in [-0.2, -0.15) is 4.39 Å². The van der Waals surface area contributed by atoms with Crippen molar-refractivity contribution in [3.05, 3.63) is 23.8 Å². The molecule has 9 heteroatoms. The van der Waals surface area contributed by atoms with Crippen molar-refractivity contribution in [3.63, 3.8) is 0 Å². The van der Waals surface area contributed by atoms with Gasteiger partial charge in [0.1, 0.15) is 11.3 Å². The minimum Gasteiger partial charge on any atom is -0.444 e. The summed E-state index contributed by atoms with van der Waals surface area (Å²) in [6, 6.07) is 1.26. The number of carbonyl (C=O) groups is 2. The lowest BCUT2D eigenvalue weighted by Crippen LogP contribution is -2.46. The monoisotopic (exact) mass is 466 g/mol. The van der Waals surface area contributed by atoms with E-state index in [1.54, 1.807) is 4.90 Å². The molecule has 0 unspecified atom stereocenters. The molecule has 3 rings (SSSR count). The number of carbonyl (C=O) groups excluding carboxylic acids is 2. The average Bonchev–Trinajstić information content (AvgIpc) is 2.73. The fraction of sp³-hybridized carbons (Fsp3) is 0.708. The number of primary amides is 1. The fourth-order valence-electron chi connectivity index (χ4n) is 4.71. The van der Waals surface area contributed by atoms with E-state index >= 15 is 4.39 Å². The Bertz CT molecular complexity index is 843. The second kappa shape index (κ2) is 10.2. The van der Waals surface area contributed by atoms with Crippen LogP contribution in [0.4, 0.5) is 19.3 Å². The van der Waals surface area contributed by atoms with Crippen molar-refractivity contribution in [1.82, 2.24) is 9.88 Å². The highest BCUT2D eigenvalue weighted by molar-refractivity contribution is 5.98. The van der Waals surface area contributed by atoms with E-state index in [2.05, 4.69) is 4.98 Å². The number of halogens is 2. The molecule has 0 bridgehead atoms. The van der Waals surface area contributed by atoms with Gasteiger partial charge < -0.3 is 20.3 Å². The van der Waals surface area contributed by atoms with E-state index < -0.39 is 23.1 Å². The predicted octanol–water partition coefficient (Wildman–Crippen LogP) is 4.45. The first-order valence-electron chi connectivity index (χ1n) is 11.8. The Morgan fingerprint density at radius 2 is 1.85 bits per heavy atom. The van der Waals surface area contributed by atoms with Crippen molar-refractivity contribution in [2.45, 2.75) is 77.0 Å². The van der Waals surface area contributed by atoms with Gasteiger partial charge in [-0.15, -0.1) is 0 Å². The number of anilines is 1. The van der Waals surface area contributed by atoms with Crippen LogP contribution in [0.15, 0.2) is 12.3 Å². The predicted molar refractivity (Wildman–Crippen MR) is 122 cm³/mol. The summed E-state index contributed by atoms with van der Waals surface area (Å²) in [5.41, 5.74) is 4.35. The highest BCUT2D eigenvalue weighted by atomic mass is 19.1. The number of amides is 2. The smallest absolute Gasteiger partial charge is 0.410 e. The number of nitrogens with two attached hydrogens (primary N) is 1. The molecule has 2 amide bonds. The zero-order chi connectivity index (χ0) is 24.2. The third-order valence-electron chi connectivity index (χ3n) is 6.62. The summed E-state index contributed by atoms with van der Waals surface area (Å²) in [4.78, 5) is 30.9. The van der Waals surface area contributed by atoms with Crippen LogP contribution in [0.2, 0.25) is 0 Å². The topological polar surface area (TPSA) is 88.8 Å². The highest BCUT2D eigenvalue weighted by Gasteiger charge is 2.37. The van der Waals surface area contributed by atoms with E-state index in [1.807, 2.05) is 25.7 Å². The lowest BCUT2D eigenvalue weighted by Gasteiger charge is -2.38. The normalized spacial score (nSPS) is 19.4. The van der Waals surface area contributed by atoms with Crippen molar-refractivity contribution in [3.8, 4) is 0 Å². The fourth-order valence-corrected chi connectivity index (χ4v) is 4.71. The summed E-state index contributed by atoms with van der Waals surface area (Å²) in [6.07, 6.45) is 5.52. The van der Waals surface area contributed by atoms with Gasteiger partial charge >= 0.3 is 6.09 Å². The molecule has 0 spiro atoms. The standard InChI is InChI=1S/C24H36F2N4O3/c1-23(2,3)33-22(32)30-13-9-24(26,10-14-30)8-4-5-17-6-11-29(12-7-17)19-15-20(25)28-16-18(19)21(27)31/h15-17H,4-14H2,1-3H3,(H2,27,31). The molecule has 2 saturated heterocycles. The largest absolute Gasteiger partial charge is 0.444 e. The first-order chi connectivity index (χ1) is 15.5. The summed E-state index contributed by atoms with van der Waals surface area (Å²) in [7, 11) is 0. The Kier molecular flexibility index (Phi) is 7.80.